The lowest BCUT2D eigenvalue weighted by Crippen LogP contribution is -2.58. The fourth-order valence-corrected chi connectivity index (χ4v) is 11.5. The number of allylic oxidation sites excluding steroid dienone is 2. The standard InChI is InChI=1S/C57H62N4O9/c1-37(2)47(53(64)68-3)58-56(67)60-45-31-26-39(25-24-38-18-10-7-11-19-38)36-44(45)57(55(60)66)46(52(63)59-32-16-5-4-6-17-33-59)49-54(65)70-50(41-22-14-9-15-23-41)48(40-20-12-8-13-21-40)61(49)51(57)42-27-29-43(30-28-42)69-35-34-62/h8-9,12-15,18,20-23,26-31,36-37,46-51,62H,4-7,10-11,16-17,19,32-35H2,1-3H3,(H,58,67)/t46-,47-,48-,49-,50+,51+,57-/m0/s1. The van der Waals surface area contributed by atoms with E-state index in [-0.39, 0.29) is 24.8 Å². The number of nitrogens with one attached hydrogen (secondary N) is 1. The van der Waals surface area contributed by atoms with Crippen molar-refractivity contribution in [1.82, 2.24) is 15.1 Å². The molecule has 3 fully saturated rings. The minimum atomic E-state index is -1.98. The highest BCUT2D eigenvalue weighted by Crippen LogP contribution is 2.66. The molecule has 4 amide bonds. The van der Waals surface area contributed by atoms with Gasteiger partial charge in [-0.15, -0.1) is 0 Å². The number of hydrogen-bond donors (Lipinski definition) is 2. The van der Waals surface area contributed by atoms with Gasteiger partial charge in [-0.1, -0.05) is 124 Å². The Bertz CT molecular complexity index is 2670. The molecule has 4 aliphatic heterocycles. The van der Waals surface area contributed by atoms with Crippen LogP contribution in [0.1, 0.15) is 118 Å². The number of nitrogens with zero attached hydrogens (tertiary/aromatic N) is 3. The lowest BCUT2D eigenvalue weighted by molar-refractivity contribution is -0.179. The number of carbonyl (C=O) groups excluding carboxylic acids is 5. The number of aliphatic hydroxyl groups excluding tert-OH is 1. The molecule has 364 valence electrons. The number of amides is 4. The summed E-state index contributed by atoms with van der Waals surface area (Å²) >= 11 is 0. The van der Waals surface area contributed by atoms with Gasteiger partial charge in [-0.2, -0.15) is 0 Å². The van der Waals surface area contributed by atoms with Crippen molar-refractivity contribution >= 4 is 35.5 Å². The van der Waals surface area contributed by atoms with Crippen molar-refractivity contribution in [3.8, 4) is 17.6 Å². The predicted octanol–water partition coefficient (Wildman–Crippen LogP) is 8.28. The number of esters is 2. The maximum Gasteiger partial charge on any atom is 0.329 e. The number of hydrogen-bond acceptors (Lipinski definition) is 10. The lowest BCUT2D eigenvalue weighted by Gasteiger charge is -2.46. The first-order valence-electron chi connectivity index (χ1n) is 24.9. The van der Waals surface area contributed by atoms with Gasteiger partial charge in [0.1, 0.15) is 36.0 Å². The van der Waals surface area contributed by atoms with Crippen LogP contribution in [0.25, 0.3) is 0 Å². The van der Waals surface area contributed by atoms with E-state index in [4.69, 9.17) is 14.2 Å². The van der Waals surface area contributed by atoms with E-state index in [2.05, 4.69) is 23.2 Å². The van der Waals surface area contributed by atoms with Crippen LogP contribution in [0, 0.1) is 23.7 Å². The molecule has 0 unspecified atom stereocenters. The molecule has 1 aliphatic carbocycles. The summed E-state index contributed by atoms with van der Waals surface area (Å²) in [5.74, 6) is 2.90. The maximum absolute atomic E-state index is 16.8. The number of anilines is 1. The average molecular weight is 947 g/mol. The van der Waals surface area contributed by atoms with Crippen LogP contribution in [-0.4, -0.2) is 90.2 Å². The van der Waals surface area contributed by atoms with Gasteiger partial charge < -0.3 is 29.5 Å². The van der Waals surface area contributed by atoms with E-state index in [1.807, 2.05) is 88.7 Å². The van der Waals surface area contributed by atoms with Crippen LogP contribution in [0.2, 0.25) is 0 Å². The Morgan fingerprint density at radius 1 is 0.814 bits per heavy atom. The Balaban J connectivity index is 1.36. The van der Waals surface area contributed by atoms with Gasteiger partial charge in [-0.25, -0.2) is 14.5 Å². The molecule has 4 aromatic carbocycles. The quantitative estimate of drug-likeness (QED) is 0.117. The third kappa shape index (κ3) is 8.99. The third-order valence-corrected chi connectivity index (χ3v) is 14.7. The summed E-state index contributed by atoms with van der Waals surface area (Å²) in [6.07, 6.45) is 9.53. The lowest BCUT2D eigenvalue weighted by atomic mass is 9.64. The molecule has 0 bridgehead atoms. The Labute approximate surface area is 410 Å². The van der Waals surface area contributed by atoms with E-state index in [9.17, 15) is 9.90 Å². The van der Waals surface area contributed by atoms with Crippen molar-refractivity contribution in [3.05, 3.63) is 143 Å². The van der Waals surface area contributed by atoms with E-state index in [0.29, 0.717) is 35.5 Å². The monoisotopic (exact) mass is 946 g/mol. The number of carbonyl (C=O) groups is 5. The van der Waals surface area contributed by atoms with E-state index in [1.165, 1.54) is 7.11 Å². The first-order chi connectivity index (χ1) is 34.1. The topological polar surface area (TPSA) is 155 Å². The zero-order chi connectivity index (χ0) is 48.9. The molecule has 0 saturated carbocycles. The molecule has 0 aromatic heterocycles. The van der Waals surface area contributed by atoms with Crippen molar-refractivity contribution in [1.29, 1.82) is 0 Å². The molecule has 1 spiro atoms. The van der Waals surface area contributed by atoms with Crippen LogP contribution in [0.4, 0.5) is 10.5 Å². The van der Waals surface area contributed by atoms with Gasteiger partial charge in [-0.05, 0) is 103 Å². The summed E-state index contributed by atoms with van der Waals surface area (Å²) in [5.41, 5.74) is 2.25. The fourth-order valence-electron chi connectivity index (χ4n) is 11.5. The zero-order valence-corrected chi connectivity index (χ0v) is 40.2. The van der Waals surface area contributed by atoms with Crippen molar-refractivity contribution < 1.29 is 43.3 Å². The summed E-state index contributed by atoms with van der Waals surface area (Å²) in [7, 11) is 1.24. The molecule has 13 heteroatoms. The second-order valence-electron chi connectivity index (χ2n) is 19.3. The number of likely N-dealkylation sites (tertiary alicyclic amines) is 1. The molecule has 5 aliphatic rings. The minimum Gasteiger partial charge on any atom is -0.491 e. The predicted molar refractivity (Wildman–Crippen MR) is 263 cm³/mol. The van der Waals surface area contributed by atoms with Gasteiger partial charge in [0, 0.05) is 18.7 Å². The molecule has 4 heterocycles. The summed E-state index contributed by atoms with van der Waals surface area (Å²) in [6, 6.07) is 26.4. The Morgan fingerprint density at radius 3 is 2.14 bits per heavy atom. The Morgan fingerprint density at radius 2 is 1.50 bits per heavy atom. The van der Waals surface area contributed by atoms with Gasteiger partial charge in [0.2, 0.25) is 11.8 Å². The van der Waals surface area contributed by atoms with Crippen molar-refractivity contribution in [2.45, 2.75) is 107 Å². The number of methoxy groups -OCH3 is 1. The van der Waals surface area contributed by atoms with Gasteiger partial charge >= 0.3 is 18.0 Å². The molecule has 4 aromatic rings. The molecule has 3 saturated heterocycles. The molecule has 13 nitrogen and oxygen atoms in total. The zero-order valence-electron chi connectivity index (χ0n) is 40.2. The normalized spacial score (nSPS) is 24.8. The van der Waals surface area contributed by atoms with Crippen molar-refractivity contribution in [2.75, 3.05) is 38.3 Å². The Kier molecular flexibility index (Phi) is 14.5. The van der Waals surface area contributed by atoms with E-state index in [0.717, 1.165) is 79.4 Å². The fraction of sp³-hybridized carbons (Fsp3) is 0.421. The van der Waals surface area contributed by atoms with Crippen LogP contribution in [0.3, 0.4) is 0 Å². The first kappa shape index (κ1) is 48.3. The van der Waals surface area contributed by atoms with Gasteiger partial charge in [0.05, 0.1) is 37.4 Å². The molecular weight excluding hydrogens is 885 g/mol. The number of fused-ring (bicyclic) bond motifs is 3. The summed E-state index contributed by atoms with van der Waals surface area (Å²) in [4.78, 5) is 82.0. The molecule has 0 radical (unpaired) electrons. The smallest absolute Gasteiger partial charge is 0.329 e. The number of cyclic esters (lactones) is 1. The first-order valence-corrected chi connectivity index (χ1v) is 24.9. The molecule has 70 heavy (non-hydrogen) atoms. The highest BCUT2D eigenvalue weighted by molar-refractivity contribution is 6.25. The summed E-state index contributed by atoms with van der Waals surface area (Å²) in [6.45, 7) is 4.23. The van der Waals surface area contributed by atoms with Crippen LogP contribution in [0.5, 0.6) is 5.75 Å². The van der Waals surface area contributed by atoms with Crippen LogP contribution >= 0.6 is 0 Å². The summed E-state index contributed by atoms with van der Waals surface area (Å²) < 4.78 is 17.7. The van der Waals surface area contributed by atoms with Gasteiger partial charge in [0.15, 0.2) is 0 Å². The number of ether oxygens (including phenoxy) is 3. The number of imide groups is 1. The van der Waals surface area contributed by atoms with Crippen LogP contribution in [-0.2, 0) is 34.1 Å². The average Bonchev–Trinajstić information content (AvgIpc) is 3.83. The van der Waals surface area contributed by atoms with E-state index in [1.54, 1.807) is 38.1 Å². The second kappa shape index (κ2) is 21.1. The van der Waals surface area contributed by atoms with Crippen LogP contribution in [0.15, 0.2) is 115 Å². The maximum atomic E-state index is 16.8. The van der Waals surface area contributed by atoms with Crippen molar-refractivity contribution in [3.63, 3.8) is 0 Å². The van der Waals surface area contributed by atoms with Gasteiger partial charge in [0.25, 0.3) is 0 Å². The number of aliphatic hydroxyl groups is 1. The van der Waals surface area contributed by atoms with Crippen LogP contribution < -0.4 is 15.0 Å². The van der Waals surface area contributed by atoms with Gasteiger partial charge in [-0.3, -0.25) is 19.3 Å². The van der Waals surface area contributed by atoms with E-state index >= 15 is 19.2 Å². The highest BCUT2D eigenvalue weighted by atomic mass is 16.6. The molecular formula is C57H62N4O9. The third-order valence-electron chi connectivity index (χ3n) is 14.7. The minimum absolute atomic E-state index is 0.0492. The highest BCUT2D eigenvalue weighted by Gasteiger charge is 2.76. The van der Waals surface area contributed by atoms with E-state index < -0.39 is 71.4 Å². The summed E-state index contributed by atoms with van der Waals surface area (Å²) in [5, 5.41) is 12.5. The Hall–Kier alpha value is -6.75. The molecule has 9 rings (SSSR count). The molecule has 7 atom stereocenters. The van der Waals surface area contributed by atoms with Crippen molar-refractivity contribution in [2.24, 2.45) is 11.8 Å². The number of rotatable bonds is 10. The molecule has 2 N–H and O–H groups in total. The number of benzene rings is 4. The second-order valence-corrected chi connectivity index (χ2v) is 19.3. The largest absolute Gasteiger partial charge is 0.491 e. The number of urea groups is 1. The number of morpholine rings is 1. The SMILES string of the molecule is COC(=O)[C@@H](NC(=O)N1C(=O)[C@@]2(c3cc(C#CC4=CCCCC4)ccc31)[C@H](C(=O)N1CCCCCCC1)[C@H]1C(=O)O[C@H](c3ccccc3)[C@H](c3ccccc3)N1[C@@H]2c1ccc(OCCO)cc1)C(C)C.